The summed E-state index contributed by atoms with van der Waals surface area (Å²) in [6.45, 7) is 0.469. The van der Waals surface area contributed by atoms with E-state index in [-0.39, 0.29) is 0 Å². The lowest BCUT2D eigenvalue weighted by Crippen LogP contribution is -2.44. The largest absolute Gasteiger partial charge is 0.707 e. The van der Waals surface area contributed by atoms with Crippen LogP contribution in [0.3, 0.4) is 0 Å². The molecule has 1 unspecified atom stereocenters. The van der Waals surface area contributed by atoms with Crippen molar-refractivity contribution in [3.8, 4) is 0 Å². The van der Waals surface area contributed by atoms with E-state index in [0.717, 1.165) is 0 Å². The van der Waals surface area contributed by atoms with Crippen molar-refractivity contribution in [1.82, 2.24) is 0 Å². The summed E-state index contributed by atoms with van der Waals surface area (Å²) in [5, 5.41) is 20.0. The molecule has 68 valence electrons. The van der Waals surface area contributed by atoms with E-state index < -0.39 is 24.0 Å². The molecule has 0 aromatic heterocycles. The van der Waals surface area contributed by atoms with Gasteiger partial charge in [-0.3, -0.25) is 20.2 Å². The minimum Gasteiger partial charge on any atom is -0.256 e. The van der Waals surface area contributed by atoms with E-state index in [1.165, 1.54) is 0 Å². The molecule has 9 nitrogen and oxygen atoms in total. The summed E-state index contributed by atoms with van der Waals surface area (Å²) in [5.41, 5.74) is 0. The molecular weight excluding hydrogens is 195 g/mol. The first-order valence-electron chi connectivity index (χ1n) is 2.45. The molecule has 0 saturated heterocycles. The van der Waals surface area contributed by atoms with Crippen LogP contribution in [0.5, 0.6) is 0 Å². The zero-order chi connectivity index (χ0) is 9.94. The van der Waals surface area contributed by atoms with Crippen LogP contribution < -0.4 is 0 Å². The van der Waals surface area contributed by atoms with Crippen molar-refractivity contribution >= 4 is 8.25 Å². The fraction of sp³-hybridized carbons (Fsp3) is 1.00. The smallest absolute Gasteiger partial charge is 0.256 e. The molecular formula is C2H4N2O7P+. The Kier molecular flexibility index (Phi) is 3.14. The van der Waals surface area contributed by atoms with Gasteiger partial charge in [0, 0.05) is 9.09 Å². The summed E-state index contributed by atoms with van der Waals surface area (Å²) < 4.78 is 13.6. The van der Waals surface area contributed by atoms with E-state index >= 15 is 0 Å². The molecule has 0 fully saturated rings. The molecule has 0 heterocycles. The summed E-state index contributed by atoms with van der Waals surface area (Å²) in [7, 11) is -3.39. The normalized spacial score (nSPS) is 12.3. The van der Waals surface area contributed by atoms with E-state index in [1.807, 2.05) is 0 Å². The zero-order valence-corrected chi connectivity index (χ0v) is 6.63. The van der Waals surface area contributed by atoms with Gasteiger partial charge in [-0.05, 0) is 0 Å². The van der Waals surface area contributed by atoms with Gasteiger partial charge < -0.3 is 0 Å². The molecule has 0 aliphatic carbocycles. The zero-order valence-electron chi connectivity index (χ0n) is 5.74. The van der Waals surface area contributed by atoms with Crippen molar-refractivity contribution in [2.24, 2.45) is 0 Å². The van der Waals surface area contributed by atoms with Crippen LogP contribution in [0, 0.1) is 20.2 Å². The van der Waals surface area contributed by atoms with Crippen LogP contribution in [0.15, 0.2) is 0 Å². The van der Waals surface area contributed by atoms with E-state index in [9.17, 15) is 24.8 Å². The molecule has 1 atom stereocenters. The van der Waals surface area contributed by atoms with Crippen molar-refractivity contribution in [3.05, 3.63) is 20.2 Å². The molecule has 0 aliphatic heterocycles. The van der Waals surface area contributed by atoms with Gasteiger partial charge in [0.15, 0.2) is 0 Å². The highest BCUT2D eigenvalue weighted by molar-refractivity contribution is 7.32. The van der Waals surface area contributed by atoms with Gasteiger partial charge in [0.05, 0.1) is 0 Å². The molecule has 0 rings (SSSR count). The minimum absolute atomic E-state index is 0.469. The van der Waals surface area contributed by atoms with Crippen molar-refractivity contribution < 1.29 is 23.8 Å². The van der Waals surface area contributed by atoms with E-state index in [0.29, 0.717) is 6.92 Å². The fourth-order valence-corrected chi connectivity index (χ4v) is 0.710. The summed E-state index contributed by atoms with van der Waals surface area (Å²) in [4.78, 5) is 25.2. The molecule has 0 amide bonds. The predicted molar refractivity (Wildman–Crippen MR) is 33.3 cm³/mol. The lowest BCUT2D eigenvalue weighted by atomic mass is 10.5. The summed E-state index contributed by atoms with van der Waals surface area (Å²) >= 11 is 0. The molecule has 0 aromatic carbocycles. The van der Waals surface area contributed by atoms with Crippen molar-refractivity contribution in [1.29, 1.82) is 0 Å². The Hall–Kier alpha value is -1.18. The second-order valence-corrected chi connectivity index (χ2v) is 2.44. The van der Waals surface area contributed by atoms with Crippen LogP contribution >= 0.6 is 8.25 Å². The van der Waals surface area contributed by atoms with Crippen LogP contribution in [-0.2, 0) is 9.09 Å². The van der Waals surface area contributed by atoms with Crippen LogP contribution in [0.1, 0.15) is 6.92 Å². The Morgan fingerprint density at radius 1 is 1.42 bits per heavy atom. The maximum absolute atomic E-state index is 10.00. The lowest BCUT2D eigenvalue weighted by molar-refractivity contribution is -0.835. The first-order chi connectivity index (χ1) is 5.30. The number of rotatable bonds is 4. The molecule has 12 heavy (non-hydrogen) atoms. The fourth-order valence-electron chi connectivity index (χ4n) is 0.281. The molecule has 0 saturated carbocycles. The van der Waals surface area contributed by atoms with Crippen molar-refractivity contribution in [2.75, 3.05) is 0 Å². The van der Waals surface area contributed by atoms with Gasteiger partial charge in [0.2, 0.25) is 0 Å². The standard InChI is InChI=1S/C2H3N2O7P/c1-2(3(5)6,4(7)8)11-12(9)10/h1H3/p+1. The van der Waals surface area contributed by atoms with E-state index in [2.05, 4.69) is 4.52 Å². The van der Waals surface area contributed by atoms with Crippen LogP contribution in [0.2, 0.25) is 0 Å². The average Bonchev–Trinajstić information content (AvgIpc) is 1.84. The molecule has 0 bridgehead atoms. The monoisotopic (exact) mass is 199 g/mol. The minimum atomic E-state index is -3.39. The Balaban J connectivity index is 4.75. The SMILES string of the molecule is CC(O[P+](=O)O)([N+](=O)[O-])[N+](=O)[O-]. The highest BCUT2D eigenvalue weighted by atomic mass is 31.1. The van der Waals surface area contributed by atoms with Crippen molar-refractivity contribution in [2.45, 2.75) is 12.8 Å². The summed E-state index contributed by atoms with van der Waals surface area (Å²) in [5.74, 6) is -3.07. The third-order valence-electron chi connectivity index (χ3n) is 0.929. The molecule has 0 spiro atoms. The Morgan fingerprint density at radius 2 is 1.75 bits per heavy atom. The quantitative estimate of drug-likeness (QED) is 0.288. The highest BCUT2D eigenvalue weighted by Gasteiger charge is 2.60. The molecule has 10 heteroatoms. The van der Waals surface area contributed by atoms with E-state index in [4.69, 9.17) is 4.89 Å². The molecule has 0 aromatic rings. The second-order valence-electron chi connectivity index (χ2n) is 1.78. The summed E-state index contributed by atoms with van der Waals surface area (Å²) in [6.07, 6.45) is 0. The van der Waals surface area contributed by atoms with Gasteiger partial charge in [0.25, 0.3) is 0 Å². The Labute approximate surface area is 66.2 Å². The number of hydrogen-bond donors (Lipinski definition) is 1. The van der Waals surface area contributed by atoms with Crippen LogP contribution in [0.25, 0.3) is 0 Å². The van der Waals surface area contributed by atoms with Crippen LogP contribution in [0.4, 0.5) is 0 Å². The number of hydrogen-bond acceptors (Lipinski definition) is 6. The van der Waals surface area contributed by atoms with Gasteiger partial charge in [0.1, 0.15) is 16.8 Å². The third kappa shape index (κ3) is 2.16. The first kappa shape index (κ1) is 10.8. The molecule has 0 aliphatic rings. The predicted octanol–water partition coefficient (Wildman–Crippen LogP) is -0.120. The van der Waals surface area contributed by atoms with Gasteiger partial charge >= 0.3 is 14.1 Å². The summed E-state index contributed by atoms with van der Waals surface area (Å²) in [6, 6.07) is 0. The Morgan fingerprint density at radius 3 is 1.83 bits per heavy atom. The lowest BCUT2D eigenvalue weighted by Gasteiger charge is -2.02. The molecule has 1 N–H and O–H groups in total. The van der Waals surface area contributed by atoms with Crippen LogP contribution in [-0.4, -0.2) is 20.6 Å². The Bertz CT molecular complexity index is 224. The first-order valence-corrected chi connectivity index (χ1v) is 3.58. The van der Waals surface area contributed by atoms with Crippen molar-refractivity contribution in [3.63, 3.8) is 0 Å². The third-order valence-corrected chi connectivity index (χ3v) is 1.43. The molecule has 0 radical (unpaired) electrons. The van der Waals surface area contributed by atoms with Gasteiger partial charge in [-0.2, -0.15) is 0 Å². The second kappa shape index (κ2) is 3.48. The van der Waals surface area contributed by atoms with Gasteiger partial charge in [-0.25, -0.2) is 0 Å². The van der Waals surface area contributed by atoms with E-state index in [1.54, 1.807) is 0 Å². The topological polar surface area (TPSA) is 133 Å². The maximum Gasteiger partial charge on any atom is 0.707 e. The average molecular weight is 199 g/mol. The number of nitrogens with zero attached hydrogens (tertiary/aromatic N) is 2. The highest BCUT2D eigenvalue weighted by Crippen LogP contribution is 2.26. The number of nitro groups is 2. The van der Waals surface area contributed by atoms with Gasteiger partial charge in [-0.1, -0.05) is 0 Å². The maximum atomic E-state index is 10.00. The van der Waals surface area contributed by atoms with Gasteiger partial charge in [-0.15, -0.1) is 4.89 Å².